The summed E-state index contributed by atoms with van der Waals surface area (Å²) in [6.07, 6.45) is 8.09. The van der Waals surface area contributed by atoms with E-state index in [2.05, 4.69) is 16.3 Å². The molecule has 0 aliphatic carbocycles. The molecule has 0 aliphatic rings. The first-order valence-electron chi connectivity index (χ1n) is 4.66. The van der Waals surface area contributed by atoms with E-state index in [0.29, 0.717) is 18.7 Å². The molecule has 0 radical (unpaired) electrons. The molecule has 1 aromatic rings. The molecule has 15 heavy (non-hydrogen) atoms. The van der Waals surface area contributed by atoms with Gasteiger partial charge in [-0.2, -0.15) is 5.10 Å². The Morgan fingerprint density at radius 1 is 1.80 bits per heavy atom. The van der Waals surface area contributed by atoms with Gasteiger partial charge in [-0.3, -0.25) is 9.48 Å². The zero-order chi connectivity index (χ0) is 11.3. The lowest BCUT2D eigenvalue weighted by Crippen LogP contribution is -2.25. The fourth-order valence-electron chi connectivity index (χ4n) is 1.16. The van der Waals surface area contributed by atoms with E-state index in [-0.39, 0.29) is 11.6 Å². The van der Waals surface area contributed by atoms with Crippen LogP contribution in [0, 0.1) is 12.3 Å². The Morgan fingerprint density at radius 3 is 3.07 bits per heavy atom. The number of unbranched alkanes of at least 4 members (excludes halogenated alkanes) is 1. The van der Waals surface area contributed by atoms with Gasteiger partial charge in [0.1, 0.15) is 0 Å². The van der Waals surface area contributed by atoms with Gasteiger partial charge in [0.2, 0.25) is 0 Å². The molecule has 3 N–H and O–H groups in total. The molecule has 1 heterocycles. The van der Waals surface area contributed by atoms with Crippen LogP contribution >= 0.6 is 0 Å². The molecule has 0 fully saturated rings. The van der Waals surface area contributed by atoms with E-state index in [1.807, 2.05) is 0 Å². The van der Waals surface area contributed by atoms with Gasteiger partial charge in [0, 0.05) is 26.2 Å². The average Bonchev–Trinajstić information content (AvgIpc) is 2.52. The van der Waals surface area contributed by atoms with Crippen LogP contribution in [0.1, 0.15) is 23.3 Å². The van der Waals surface area contributed by atoms with E-state index < -0.39 is 0 Å². The molecule has 1 amide bonds. The second-order valence-electron chi connectivity index (χ2n) is 3.17. The predicted octanol–water partition coefficient (Wildman–Crippen LogP) is 0.145. The van der Waals surface area contributed by atoms with Crippen LogP contribution in [0.25, 0.3) is 0 Å². The molecule has 0 unspecified atom stereocenters. The van der Waals surface area contributed by atoms with Crippen molar-refractivity contribution in [2.24, 2.45) is 7.05 Å². The number of rotatable bonds is 4. The van der Waals surface area contributed by atoms with Gasteiger partial charge >= 0.3 is 0 Å². The van der Waals surface area contributed by atoms with E-state index in [1.54, 1.807) is 13.2 Å². The summed E-state index contributed by atoms with van der Waals surface area (Å²) in [4.78, 5) is 11.5. The summed E-state index contributed by atoms with van der Waals surface area (Å²) in [5, 5.41) is 6.65. The third-order valence-corrected chi connectivity index (χ3v) is 1.86. The van der Waals surface area contributed by atoms with Crippen LogP contribution < -0.4 is 11.1 Å². The highest BCUT2D eigenvalue weighted by atomic mass is 16.1. The van der Waals surface area contributed by atoms with Crippen LogP contribution in [0.5, 0.6) is 0 Å². The number of carbonyl (C=O) groups is 1. The van der Waals surface area contributed by atoms with Gasteiger partial charge in [0.05, 0.1) is 5.69 Å². The maximum absolute atomic E-state index is 11.5. The molecule has 0 saturated carbocycles. The van der Waals surface area contributed by atoms with E-state index in [4.69, 9.17) is 12.2 Å². The number of nitrogens with zero attached hydrogens (tertiary/aromatic N) is 2. The lowest BCUT2D eigenvalue weighted by Gasteiger charge is -2.01. The van der Waals surface area contributed by atoms with E-state index in [1.165, 1.54) is 4.68 Å². The Hall–Kier alpha value is -1.96. The molecule has 80 valence electrons. The van der Waals surface area contributed by atoms with Crippen LogP contribution in [0.15, 0.2) is 6.20 Å². The first-order valence-corrected chi connectivity index (χ1v) is 4.66. The summed E-state index contributed by atoms with van der Waals surface area (Å²) < 4.78 is 1.51. The van der Waals surface area contributed by atoms with Gasteiger partial charge in [-0.15, -0.1) is 12.3 Å². The van der Waals surface area contributed by atoms with Gasteiger partial charge < -0.3 is 11.1 Å². The number of nitrogen functional groups attached to an aromatic ring is 1. The topological polar surface area (TPSA) is 72.9 Å². The number of aromatic nitrogens is 2. The Kier molecular flexibility index (Phi) is 3.75. The Balaban J connectivity index is 2.48. The number of amides is 1. The summed E-state index contributed by atoms with van der Waals surface area (Å²) in [6, 6.07) is 0. The van der Waals surface area contributed by atoms with Crippen molar-refractivity contribution in [2.75, 3.05) is 12.3 Å². The number of carbonyl (C=O) groups excluding carboxylic acids is 1. The monoisotopic (exact) mass is 206 g/mol. The fraction of sp³-hybridized carbons (Fsp3) is 0.400. The molecule has 0 aliphatic heterocycles. The lowest BCUT2D eigenvalue weighted by atomic mass is 10.3. The van der Waals surface area contributed by atoms with Gasteiger partial charge in [-0.1, -0.05) is 0 Å². The van der Waals surface area contributed by atoms with Crippen molar-refractivity contribution in [3.8, 4) is 12.3 Å². The number of terminal acetylenes is 1. The van der Waals surface area contributed by atoms with Crippen LogP contribution in [-0.4, -0.2) is 22.2 Å². The van der Waals surface area contributed by atoms with Gasteiger partial charge in [-0.05, 0) is 6.42 Å². The Labute approximate surface area is 88.6 Å². The number of hydrogen-bond acceptors (Lipinski definition) is 3. The maximum Gasteiger partial charge on any atom is 0.273 e. The first-order chi connectivity index (χ1) is 7.15. The van der Waals surface area contributed by atoms with E-state index in [0.717, 1.165) is 6.42 Å². The zero-order valence-electron chi connectivity index (χ0n) is 8.66. The SMILES string of the molecule is C#CCCCNC(=O)c1nn(C)cc1N. The normalized spacial score (nSPS) is 9.60. The minimum absolute atomic E-state index is 0.259. The molecule has 1 aromatic heterocycles. The van der Waals surface area contributed by atoms with Gasteiger partial charge in [-0.25, -0.2) is 0 Å². The van der Waals surface area contributed by atoms with Crippen molar-refractivity contribution in [3.05, 3.63) is 11.9 Å². The van der Waals surface area contributed by atoms with Crippen LogP contribution in [0.3, 0.4) is 0 Å². The molecule has 0 atom stereocenters. The highest BCUT2D eigenvalue weighted by molar-refractivity contribution is 5.96. The number of hydrogen-bond donors (Lipinski definition) is 2. The molecule has 5 nitrogen and oxygen atoms in total. The predicted molar refractivity (Wildman–Crippen MR) is 58.0 cm³/mol. The van der Waals surface area contributed by atoms with Crippen molar-refractivity contribution >= 4 is 11.6 Å². The van der Waals surface area contributed by atoms with Crippen molar-refractivity contribution in [1.29, 1.82) is 0 Å². The fourth-order valence-corrected chi connectivity index (χ4v) is 1.16. The summed E-state index contributed by atoms with van der Waals surface area (Å²) in [5.41, 5.74) is 6.24. The van der Waals surface area contributed by atoms with Crippen molar-refractivity contribution < 1.29 is 4.79 Å². The highest BCUT2D eigenvalue weighted by Gasteiger charge is 2.12. The summed E-state index contributed by atoms with van der Waals surface area (Å²) in [7, 11) is 1.71. The summed E-state index contributed by atoms with van der Waals surface area (Å²) >= 11 is 0. The Bertz CT molecular complexity index is 389. The minimum Gasteiger partial charge on any atom is -0.396 e. The summed E-state index contributed by atoms with van der Waals surface area (Å²) in [5.74, 6) is 2.24. The number of nitrogens with two attached hydrogens (primary N) is 1. The smallest absolute Gasteiger partial charge is 0.273 e. The minimum atomic E-state index is -0.259. The van der Waals surface area contributed by atoms with Crippen LogP contribution in [-0.2, 0) is 7.05 Å². The molecular formula is C10H14N4O. The van der Waals surface area contributed by atoms with Crippen molar-refractivity contribution in [1.82, 2.24) is 15.1 Å². The largest absolute Gasteiger partial charge is 0.396 e. The maximum atomic E-state index is 11.5. The van der Waals surface area contributed by atoms with E-state index in [9.17, 15) is 4.79 Å². The summed E-state index contributed by atoms with van der Waals surface area (Å²) in [6.45, 7) is 0.541. The molecule has 5 heteroatoms. The van der Waals surface area contributed by atoms with Crippen molar-refractivity contribution in [3.63, 3.8) is 0 Å². The quantitative estimate of drug-likeness (QED) is 0.544. The third-order valence-electron chi connectivity index (χ3n) is 1.86. The van der Waals surface area contributed by atoms with Crippen LogP contribution in [0.2, 0.25) is 0 Å². The van der Waals surface area contributed by atoms with Crippen molar-refractivity contribution in [2.45, 2.75) is 12.8 Å². The molecule has 0 saturated heterocycles. The number of anilines is 1. The van der Waals surface area contributed by atoms with E-state index >= 15 is 0 Å². The third kappa shape index (κ3) is 3.02. The molecule has 0 spiro atoms. The molecule has 0 bridgehead atoms. The van der Waals surface area contributed by atoms with Gasteiger partial charge in [0.15, 0.2) is 5.69 Å². The Morgan fingerprint density at radius 2 is 2.53 bits per heavy atom. The number of aryl methyl sites for hydroxylation is 1. The lowest BCUT2D eigenvalue weighted by molar-refractivity contribution is 0.0948. The van der Waals surface area contributed by atoms with Gasteiger partial charge in [0.25, 0.3) is 5.91 Å². The second kappa shape index (κ2) is 5.05. The molecule has 1 rings (SSSR count). The zero-order valence-corrected chi connectivity index (χ0v) is 8.66. The first kappa shape index (κ1) is 11.1. The molecular weight excluding hydrogens is 192 g/mol. The highest BCUT2D eigenvalue weighted by Crippen LogP contribution is 2.07. The molecule has 0 aromatic carbocycles. The second-order valence-corrected chi connectivity index (χ2v) is 3.17. The van der Waals surface area contributed by atoms with Crippen LogP contribution in [0.4, 0.5) is 5.69 Å². The standard InChI is InChI=1S/C10H14N4O/c1-3-4-5-6-12-10(15)9-8(11)7-14(2)13-9/h1,7H,4-6,11H2,2H3,(H,12,15). The number of nitrogens with one attached hydrogen (secondary N) is 1. The average molecular weight is 206 g/mol.